The second-order valence-electron chi connectivity index (χ2n) is 2.93. The molecule has 5 nitrogen and oxygen atoms in total. The summed E-state index contributed by atoms with van der Waals surface area (Å²) >= 11 is 0. The molecule has 1 aliphatic carbocycles. The summed E-state index contributed by atoms with van der Waals surface area (Å²) in [5, 5.41) is 12.3. The Balaban J connectivity index is 0.000000324. The minimum absolute atomic E-state index is 0. The van der Waals surface area contributed by atoms with Crippen LogP contribution in [-0.2, 0) is 10.3 Å². The smallest absolute Gasteiger partial charge is 0.554 e. The molecule has 1 saturated carbocycles. The minimum atomic E-state index is -0.500. The van der Waals surface area contributed by atoms with Gasteiger partial charge in [0, 0.05) is 6.47 Å². The molecule has 2 rings (SSSR count). The van der Waals surface area contributed by atoms with Crippen molar-refractivity contribution < 1.29 is 39.5 Å². The van der Waals surface area contributed by atoms with Gasteiger partial charge in [0.1, 0.15) is 12.7 Å². The van der Waals surface area contributed by atoms with Gasteiger partial charge in [0.15, 0.2) is 0 Å². The van der Waals surface area contributed by atoms with Crippen molar-refractivity contribution >= 4 is 6.47 Å². The van der Waals surface area contributed by atoms with E-state index in [2.05, 4.69) is 17.0 Å². The Morgan fingerprint density at radius 1 is 1.62 bits per heavy atom. The van der Waals surface area contributed by atoms with Gasteiger partial charge in [-0.25, -0.2) is 9.67 Å². The summed E-state index contributed by atoms with van der Waals surface area (Å²) < 4.78 is 1.94. The van der Waals surface area contributed by atoms with Crippen molar-refractivity contribution in [3.63, 3.8) is 0 Å². The van der Waals surface area contributed by atoms with Crippen LogP contribution >= 0.6 is 0 Å². The Morgan fingerprint density at radius 2 is 2.15 bits per heavy atom. The number of carboxylic acid groups (broad SMARTS) is 1. The van der Waals surface area contributed by atoms with E-state index in [-0.39, 0.29) is 29.6 Å². The molecule has 0 unspecified atom stereocenters. The SMILES string of the molecule is CC1(n2cncn2)CC1.O=C[O-].[Na+]. The molecular formula is C7H10N3NaO2. The summed E-state index contributed by atoms with van der Waals surface area (Å²) in [6, 6.07) is 0. The molecule has 66 valence electrons. The first-order valence-corrected chi connectivity index (χ1v) is 3.63. The van der Waals surface area contributed by atoms with E-state index < -0.39 is 6.47 Å². The fourth-order valence-corrected chi connectivity index (χ4v) is 0.897. The number of rotatable bonds is 1. The minimum Gasteiger partial charge on any atom is -0.554 e. The summed E-state index contributed by atoms with van der Waals surface area (Å²) in [7, 11) is 0. The van der Waals surface area contributed by atoms with E-state index in [0.717, 1.165) is 0 Å². The molecule has 0 bridgehead atoms. The number of carbonyl (C=O) groups excluding carboxylic acids is 1. The Bertz CT molecular complexity index is 246. The fourth-order valence-electron chi connectivity index (χ4n) is 0.897. The third kappa shape index (κ3) is 3.46. The van der Waals surface area contributed by atoms with Gasteiger partial charge in [-0.15, -0.1) is 0 Å². The van der Waals surface area contributed by atoms with Gasteiger partial charge in [-0.1, -0.05) is 0 Å². The van der Waals surface area contributed by atoms with Crippen molar-refractivity contribution in [1.29, 1.82) is 0 Å². The third-order valence-corrected chi connectivity index (χ3v) is 1.95. The molecule has 0 N–H and O–H groups in total. The van der Waals surface area contributed by atoms with Gasteiger partial charge >= 0.3 is 29.6 Å². The van der Waals surface area contributed by atoms with Gasteiger partial charge in [0.25, 0.3) is 0 Å². The summed E-state index contributed by atoms with van der Waals surface area (Å²) in [6.45, 7) is 1.70. The summed E-state index contributed by atoms with van der Waals surface area (Å²) in [5.74, 6) is 0. The zero-order chi connectivity index (χ0) is 9.03. The van der Waals surface area contributed by atoms with Crippen LogP contribution in [0.3, 0.4) is 0 Å². The molecule has 0 spiro atoms. The van der Waals surface area contributed by atoms with Gasteiger partial charge in [0.05, 0.1) is 5.54 Å². The molecule has 1 aromatic heterocycles. The quantitative estimate of drug-likeness (QED) is 0.336. The van der Waals surface area contributed by atoms with Gasteiger partial charge < -0.3 is 9.90 Å². The van der Waals surface area contributed by atoms with E-state index in [4.69, 9.17) is 9.90 Å². The van der Waals surface area contributed by atoms with Crippen LogP contribution in [-0.4, -0.2) is 21.2 Å². The molecule has 0 radical (unpaired) electrons. The number of nitrogens with zero attached hydrogens (tertiary/aromatic N) is 3. The van der Waals surface area contributed by atoms with Crippen molar-refractivity contribution in [2.24, 2.45) is 0 Å². The summed E-state index contributed by atoms with van der Waals surface area (Å²) in [4.78, 5) is 12.1. The topological polar surface area (TPSA) is 70.8 Å². The van der Waals surface area contributed by atoms with E-state index in [9.17, 15) is 0 Å². The van der Waals surface area contributed by atoms with Crippen LogP contribution in [0.4, 0.5) is 0 Å². The van der Waals surface area contributed by atoms with Crippen LogP contribution in [0.25, 0.3) is 0 Å². The molecule has 0 amide bonds. The largest absolute Gasteiger partial charge is 1.00 e. The van der Waals surface area contributed by atoms with E-state index in [1.54, 1.807) is 12.7 Å². The van der Waals surface area contributed by atoms with Crippen LogP contribution < -0.4 is 34.7 Å². The standard InChI is InChI=1S/C6H9N3.CH2O2.Na/c1-6(2-3-6)9-5-7-4-8-9;2-1-3;/h4-5H,2-3H2,1H3;1H,(H,2,3);/q;;+1/p-1. The summed E-state index contributed by atoms with van der Waals surface area (Å²) in [6.07, 6.45) is 5.86. The zero-order valence-electron chi connectivity index (χ0n) is 7.80. The average Bonchev–Trinajstić information content (AvgIpc) is 2.61. The van der Waals surface area contributed by atoms with E-state index in [0.29, 0.717) is 5.54 Å². The van der Waals surface area contributed by atoms with Crippen molar-refractivity contribution in [2.45, 2.75) is 25.3 Å². The molecule has 1 heterocycles. The third-order valence-electron chi connectivity index (χ3n) is 1.95. The van der Waals surface area contributed by atoms with Crippen LogP contribution in [0.15, 0.2) is 12.7 Å². The van der Waals surface area contributed by atoms with Gasteiger partial charge in [-0.2, -0.15) is 5.10 Å². The van der Waals surface area contributed by atoms with Gasteiger partial charge in [0.2, 0.25) is 0 Å². The number of hydrogen-bond donors (Lipinski definition) is 0. The fraction of sp³-hybridized carbons (Fsp3) is 0.571. The van der Waals surface area contributed by atoms with Crippen molar-refractivity contribution in [1.82, 2.24) is 14.8 Å². The average molecular weight is 191 g/mol. The van der Waals surface area contributed by atoms with Crippen molar-refractivity contribution in [3.8, 4) is 0 Å². The van der Waals surface area contributed by atoms with Crippen molar-refractivity contribution in [2.75, 3.05) is 0 Å². The first-order valence-electron chi connectivity index (χ1n) is 3.63. The maximum absolute atomic E-state index is 8.25. The van der Waals surface area contributed by atoms with Crippen LogP contribution in [0.5, 0.6) is 0 Å². The van der Waals surface area contributed by atoms with Crippen LogP contribution in [0, 0.1) is 0 Å². The molecule has 0 saturated heterocycles. The number of carbonyl (C=O) groups is 1. The molecule has 0 atom stereocenters. The van der Waals surface area contributed by atoms with Crippen molar-refractivity contribution in [3.05, 3.63) is 12.7 Å². The van der Waals surface area contributed by atoms with Crippen LogP contribution in [0.1, 0.15) is 19.8 Å². The normalized spacial score (nSPS) is 16.1. The van der Waals surface area contributed by atoms with E-state index >= 15 is 0 Å². The molecule has 1 aliphatic rings. The van der Waals surface area contributed by atoms with Gasteiger partial charge in [-0.3, -0.25) is 0 Å². The van der Waals surface area contributed by atoms with Gasteiger partial charge in [-0.05, 0) is 19.8 Å². The monoisotopic (exact) mass is 191 g/mol. The zero-order valence-corrected chi connectivity index (χ0v) is 9.80. The molecule has 1 aromatic rings. The first kappa shape index (κ1) is 12.6. The molecule has 13 heavy (non-hydrogen) atoms. The van der Waals surface area contributed by atoms with E-state index in [1.807, 2.05) is 4.68 Å². The molecule has 0 aliphatic heterocycles. The van der Waals surface area contributed by atoms with Crippen LogP contribution in [0.2, 0.25) is 0 Å². The molecular weight excluding hydrogens is 181 g/mol. The maximum atomic E-state index is 8.25. The first-order chi connectivity index (χ1) is 5.73. The Morgan fingerprint density at radius 3 is 2.46 bits per heavy atom. The molecule has 6 heteroatoms. The summed E-state index contributed by atoms with van der Waals surface area (Å²) in [5.41, 5.74) is 0.316. The van der Waals surface area contributed by atoms with E-state index in [1.165, 1.54) is 12.8 Å². The number of aromatic nitrogens is 3. The Kier molecular flexibility index (Phi) is 5.20. The second-order valence-corrected chi connectivity index (χ2v) is 2.93. The predicted molar refractivity (Wildman–Crippen MR) is 39.0 cm³/mol. The molecule has 1 fully saturated rings. The molecule has 0 aromatic carbocycles. The second kappa shape index (κ2) is 5.36. The maximum Gasteiger partial charge on any atom is 1.00 e. The Hall–Kier alpha value is -0.390. The number of hydrogen-bond acceptors (Lipinski definition) is 4. The predicted octanol–water partition coefficient (Wildman–Crippen LogP) is -3.84. The Labute approximate surface area is 98.5 Å².